The van der Waals surface area contributed by atoms with Crippen LogP contribution in [0.25, 0.3) is 0 Å². The maximum absolute atomic E-state index is 12.4. The molecule has 2 heterocycles. The van der Waals surface area contributed by atoms with Crippen LogP contribution in [-0.4, -0.2) is 77.5 Å². The molecule has 2 rings (SSSR count). The number of aromatic nitrogens is 2. The molecule has 0 atom stereocenters. The van der Waals surface area contributed by atoms with Crippen LogP contribution in [0.15, 0.2) is 6.07 Å². The van der Waals surface area contributed by atoms with Crippen molar-refractivity contribution in [3.05, 3.63) is 17.6 Å². The number of aryl methyl sites for hydroxylation is 1. The van der Waals surface area contributed by atoms with E-state index in [4.69, 9.17) is 0 Å². The van der Waals surface area contributed by atoms with E-state index in [1.54, 1.807) is 9.80 Å². The molecule has 1 N–H and O–H groups in total. The molecule has 1 fully saturated rings. The van der Waals surface area contributed by atoms with E-state index in [9.17, 15) is 9.59 Å². The molecular weight excluding hydrogens is 356 g/mol. The summed E-state index contributed by atoms with van der Waals surface area (Å²) in [5.41, 5.74) is 0.965. The van der Waals surface area contributed by atoms with Gasteiger partial charge >= 0.3 is 6.03 Å². The van der Waals surface area contributed by atoms with Crippen molar-refractivity contribution in [3.8, 4) is 0 Å². The Bertz CT molecular complexity index is 667. The van der Waals surface area contributed by atoms with Crippen molar-refractivity contribution in [3.63, 3.8) is 0 Å². The molecule has 0 spiro atoms. The van der Waals surface area contributed by atoms with Gasteiger partial charge in [0.1, 0.15) is 11.6 Å². The van der Waals surface area contributed by atoms with E-state index < -0.39 is 0 Å². The van der Waals surface area contributed by atoms with Gasteiger partial charge in [0.25, 0.3) is 0 Å². The van der Waals surface area contributed by atoms with E-state index in [2.05, 4.69) is 34.0 Å². The molecule has 1 aliphatic rings. The van der Waals surface area contributed by atoms with Crippen LogP contribution in [0.4, 0.5) is 10.6 Å². The summed E-state index contributed by atoms with van der Waals surface area (Å²) in [6.07, 6.45) is 0.339. The molecule has 8 nitrogen and oxygen atoms in total. The molecule has 8 heteroatoms. The maximum atomic E-state index is 12.4. The Hall–Kier alpha value is -2.38. The zero-order valence-electron chi connectivity index (χ0n) is 17.9. The molecule has 156 valence electrons. The minimum Gasteiger partial charge on any atom is -0.353 e. The standard InChI is InChI=1S/C20H34N6O2/c1-6-24(7-2)18(27)8-9-21-20(28)26-12-10-25(11-13-26)17-14-16(5)22-19(23-17)15(3)4/h14-15H,6-13H2,1-5H3,(H,21,28). The van der Waals surface area contributed by atoms with Gasteiger partial charge in [0.05, 0.1) is 0 Å². The fourth-order valence-electron chi connectivity index (χ4n) is 3.26. The number of amides is 3. The van der Waals surface area contributed by atoms with Gasteiger partial charge in [-0.15, -0.1) is 0 Å². The van der Waals surface area contributed by atoms with Gasteiger partial charge in [-0.3, -0.25) is 4.79 Å². The van der Waals surface area contributed by atoms with Crippen LogP contribution >= 0.6 is 0 Å². The lowest BCUT2D eigenvalue weighted by Crippen LogP contribution is -2.52. The van der Waals surface area contributed by atoms with Crippen LogP contribution in [0.1, 0.15) is 51.6 Å². The summed E-state index contributed by atoms with van der Waals surface area (Å²) >= 11 is 0. The monoisotopic (exact) mass is 390 g/mol. The molecule has 0 aromatic carbocycles. The number of piperazine rings is 1. The van der Waals surface area contributed by atoms with Gasteiger partial charge in [-0.25, -0.2) is 14.8 Å². The summed E-state index contributed by atoms with van der Waals surface area (Å²) in [4.78, 5) is 39.3. The summed E-state index contributed by atoms with van der Waals surface area (Å²) in [5.74, 6) is 2.15. The number of hydrogen-bond donors (Lipinski definition) is 1. The molecule has 0 bridgehead atoms. The third-order valence-electron chi connectivity index (χ3n) is 5.00. The summed E-state index contributed by atoms with van der Waals surface area (Å²) in [6.45, 7) is 14.6. The molecule has 1 aromatic rings. The second-order valence-corrected chi connectivity index (χ2v) is 7.40. The quantitative estimate of drug-likeness (QED) is 0.770. The summed E-state index contributed by atoms with van der Waals surface area (Å²) < 4.78 is 0. The molecule has 0 aliphatic carbocycles. The molecule has 3 amide bonds. The molecule has 0 radical (unpaired) electrons. The fraction of sp³-hybridized carbons (Fsp3) is 0.700. The second kappa shape index (κ2) is 10.2. The van der Waals surface area contributed by atoms with Gasteiger partial charge in [0, 0.05) is 69.9 Å². The summed E-state index contributed by atoms with van der Waals surface area (Å²) in [5, 5.41) is 2.87. The first-order valence-electron chi connectivity index (χ1n) is 10.3. The van der Waals surface area contributed by atoms with Crippen LogP contribution < -0.4 is 10.2 Å². The van der Waals surface area contributed by atoms with Crippen molar-refractivity contribution in [1.29, 1.82) is 0 Å². The number of urea groups is 1. The lowest BCUT2D eigenvalue weighted by molar-refractivity contribution is -0.130. The van der Waals surface area contributed by atoms with E-state index >= 15 is 0 Å². The zero-order chi connectivity index (χ0) is 20.7. The average molecular weight is 391 g/mol. The highest BCUT2D eigenvalue weighted by molar-refractivity contribution is 5.78. The number of hydrogen-bond acceptors (Lipinski definition) is 5. The predicted octanol–water partition coefficient (Wildman–Crippen LogP) is 2.00. The van der Waals surface area contributed by atoms with Crippen molar-refractivity contribution in [1.82, 2.24) is 25.1 Å². The zero-order valence-corrected chi connectivity index (χ0v) is 17.9. The van der Waals surface area contributed by atoms with Crippen LogP contribution in [0, 0.1) is 6.92 Å². The van der Waals surface area contributed by atoms with Crippen LogP contribution in [-0.2, 0) is 4.79 Å². The number of carbonyl (C=O) groups is 2. The molecule has 0 unspecified atom stereocenters. The molecule has 1 aliphatic heterocycles. The number of carbonyl (C=O) groups excluding carboxylic acids is 2. The van der Waals surface area contributed by atoms with Gasteiger partial charge in [0.2, 0.25) is 5.91 Å². The first-order valence-corrected chi connectivity index (χ1v) is 10.3. The van der Waals surface area contributed by atoms with Crippen molar-refractivity contribution in [2.24, 2.45) is 0 Å². The van der Waals surface area contributed by atoms with Crippen LogP contribution in [0.5, 0.6) is 0 Å². The van der Waals surface area contributed by atoms with Crippen molar-refractivity contribution < 1.29 is 9.59 Å². The minimum atomic E-state index is -0.103. The lowest BCUT2D eigenvalue weighted by atomic mass is 10.2. The van der Waals surface area contributed by atoms with E-state index in [1.165, 1.54) is 0 Å². The number of anilines is 1. The highest BCUT2D eigenvalue weighted by Gasteiger charge is 2.23. The Balaban J connectivity index is 1.82. The fourth-order valence-corrected chi connectivity index (χ4v) is 3.26. The van der Waals surface area contributed by atoms with Crippen LogP contribution in [0.3, 0.4) is 0 Å². The van der Waals surface area contributed by atoms with Gasteiger partial charge < -0.3 is 20.0 Å². The third-order valence-corrected chi connectivity index (χ3v) is 5.00. The first kappa shape index (κ1) is 21.9. The van der Waals surface area contributed by atoms with Crippen molar-refractivity contribution >= 4 is 17.8 Å². The molecule has 28 heavy (non-hydrogen) atoms. The predicted molar refractivity (Wildman–Crippen MR) is 111 cm³/mol. The van der Waals surface area contributed by atoms with Gasteiger partial charge in [-0.2, -0.15) is 0 Å². The van der Waals surface area contributed by atoms with Gasteiger partial charge in [-0.1, -0.05) is 13.8 Å². The average Bonchev–Trinajstić information content (AvgIpc) is 2.68. The Kier molecular flexibility index (Phi) is 8.02. The van der Waals surface area contributed by atoms with Gasteiger partial charge in [0.15, 0.2) is 0 Å². The van der Waals surface area contributed by atoms with Crippen LogP contribution in [0.2, 0.25) is 0 Å². The van der Waals surface area contributed by atoms with E-state index in [-0.39, 0.29) is 17.9 Å². The Morgan fingerprint density at radius 3 is 2.36 bits per heavy atom. The lowest BCUT2D eigenvalue weighted by Gasteiger charge is -2.35. The maximum Gasteiger partial charge on any atom is 0.317 e. The van der Waals surface area contributed by atoms with Crippen molar-refractivity contribution in [2.75, 3.05) is 50.7 Å². The minimum absolute atomic E-state index is 0.0789. The molecule has 1 aromatic heterocycles. The number of nitrogens with one attached hydrogen (secondary N) is 1. The Morgan fingerprint density at radius 1 is 1.14 bits per heavy atom. The molecule has 1 saturated heterocycles. The van der Waals surface area contributed by atoms with E-state index in [0.29, 0.717) is 39.1 Å². The normalized spacial score (nSPS) is 14.4. The number of nitrogens with zero attached hydrogens (tertiary/aromatic N) is 5. The van der Waals surface area contributed by atoms with E-state index in [1.807, 2.05) is 26.8 Å². The highest BCUT2D eigenvalue weighted by atomic mass is 16.2. The van der Waals surface area contributed by atoms with Gasteiger partial charge in [-0.05, 0) is 20.8 Å². The summed E-state index contributed by atoms with van der Waals surface area (Å²) in [6, 6.07) is 1.90. The van der Waals surface area contributed by atoms with E-state index in [0.717, 1.165) is 30.4 Å². The number of rotatable bonds is 7. The largest absolute Gasteiger partial charge is 0.353 e. The topological polar surface area (TPSA) is 81.7 Å². The smallest absolute Gasteiger partial charge is 0.317 e. The Labute approximate surface area is 168 Å². The highest BCUT2D eigenvalue weighted by Crippen LogP contribution is 2.18. The van der Waals surface area contributed by atoms with Crippen molar-refractivity contribution in [2.45, 2.75) is 47.0 Å². The summed E-state index contributed by atoms with van der Waals surface area (Å²) in [7, 11) is 0. The molecule has 0 saturated carbocycles. The third kappa shape index (κ3) is 5.81. The molecular formula is C20H34N6O2. The second-order valence-electron chi connectivity index (χ2n) is 7.40. The Morgan fingerprint density at radius 2 is 1.79 bits per heavy atom. The SMILES string of the molecule is CCN(CC)C(=O)CCNC(=O)N1CCN(c2cc(C)nc(C(C)C)n2)CC1. The first-order chi connectivity index (χ1) is 13.3.